The zero-order chi connectivity index (χ0) is 26.0. The van der Waals surface area contributed by atoms with Crippen LogP contribution in [0.4, 0.5) is 0 Å². The number of H-pyrrole nitrogens is 1. The molecule has 15 nitrogen and oxygen atoms in total. The van der Waals surface area contributed by atoms with Gasteiger partial charge in [-0.2, -0.15) is 0 Å². The van der Waals surface area contributed by atoms with E-state index >= 15 is 0 Å². The second-order valence-corrected chi connectivity index (χ2v) is 8.09. The Morgan fingerprint density at radius 1 is 1.23 bits per heavy atom. The molecule has 8 atom stereocenters. The van der Waals surface area contributed by atoms with Crippen LogP contribution in [0.2, 0.25) is 0 Å². The number of nitrogens with zero attached hydrogens (tertiary/aromatic N) is 2. The van der Waals surface area contributed by atoms with Crippen LogP contribution in [0.5, 0.6) is 5.75 Å². The summed E-state index contributed by atoms with van der Waals surface area (Å²) in [7, 11) is 0. The van der Waals surface area contributed by atoms with Crippen LogP contribution in [0.15, 0.2) is 40.2 Å². The molecule has 0 radical (unpaired) electrons. The molecule has 1 aliphatic rings. The summed E-state index contributed by atoms with van der Waals surface area (Å²) in [4.78, 5) is 53.7. The lowest BCUT2D eigenvalue weighted by atomic mass is 9.92. The van der Waals surface area contributed by atoms with Gasteiger partial charge in [0.2, 0.25) is 5.91 Å². The fourth-order valence-electron chi connectivity index (χ4n) is 3.63. The number of rotatable bonds is 8. The number of aromatic amines is 1. The van der Waals surface area contributed by atoms with Gasteiger partial charge in [-0.15, -0.1) is 0 Å². The molecule has 0 saturated carbocycles. The summed E-state index contributed by atoms with van der Waals surface area (Å²) < 4.78 is 6.16. The first-order valence-corrected chi connectivity index (χ1v) is 10.4. The number of amides is 1. The van der Waals surface area contributed by atoms with Gasteiger partial charge in [0.1, 0.15) is 30.2 Å². The van der Waals surface area contributed by atoms with Crippen LogP contribution >= 0.6 is 0 Å². The van der Waals surface area contributed by atoms with E-state index in [0.29, 0.717) is 0 Å². The van der Waals surface area contributed by atoms with Crippen LogP contribution in [0.1, 0.15) is 24.9 Å². The van der Waals surface area contributed by atoms with E-state index in [9.17, 15) is 44.7 Å². The molecule has 1 amide bonds. The Morgan fingerprint density at radius 3 is 2.49 bits per heavy atom. The third-order valence-electron chi connectivity index (χ3n) is 5.73. The number of aliphatic hydroxyl groups excluding tert-OH is 3. The molecule has 1 aliphatic heterocycles. The second kappa shape index (κ2) is 10.3. The molecule has 3 rings (SSSR count). The monoisotopic (exact) mass is 495 g/mol. The van der Waals surface area contributed by atoms with Crippen molar-refractivity contribution in [1.29, 1.82) is 0 Å². The number of hydrogen-bond donors (Lipinski definition) is 8. The van der Waals surface area contributed by atoms with Gasteiger partial charge in [-0.3, -0.25) is 24.1 Å². The van der Waals surface area contributed by atoms with Crippen LogP contribution in [0.25, 0.3) is 0 Å². The van der Waals surface area contributed by atoms with Crippen molar-refractivity contribution in [1.82, 2.24) is 19.9 Å². The molecule has 190 valence electrons. The molecule has 0 spiro atoms. The molecule has 3 heterocycles. The van der Waals surface area contributed by atoms with E-state index in [4.69, 9.17) is 10.5 Å². The third kappa shape index (κ3) is 5.39. The van der Waals surface area contributed by atoms with Crippen LogP contribution in [0.3, 0.4) is 0 Å². The van der Waals surface area contributed by atoms with Crippen molar-refractivity contribution in [2.24, 2.45) is 11.7 Å². The number of carboxylic acids is 1. The van der Waals surface area contributed by atoms with Crippen molar-refractivity contribution in [3.05, 3.63) is 57.1 Å². The average Bonchev–Trinajstić information content (AvgIpc) is 3.10. The van der Waals surface area contributed by atoms with Crippen molar-refractivity contribution in [2.75, 3.05) is 0 Å². The van der Waals surface area contributed by atoms with E-state index < -0.39 is 71.8 Å². The molecule has 1 saturated heterocycles. The zero-order valence-electron chi connectivity index (χ0n) is 18.3. The van der Waals surface area contributed by atoms with Crippen molar-refractivity contribution in [3.63, 3.8) is 0 Å². The number of ether oxygens (including phenoxy) is 1. The fraction of sp³-hybridized carbons (Fsp3) is 0.450. The number of aliphatic carboxylic acids is 1. The molecular formula is C20H25N5O10. The van der Waals surface area contributed by atoms with Crippen molar-refractivity contribution >= 4 is 11.9 Å². The maximum absolute atomic E-state index is 12.7. The van der Waals surface area contributed by atoms with Gasteiger partial charge in [-0.25, -0.2) is 9.59 Å². The highest BCUT2D eigenvalue weighted by Crippen LogP contribution is 2.30. The van der Waals surface area contributed by atoms with Gasteiger partial charge in [0.15, 0.2) is 12.3 Å². The molecule has 1 fully saturated rings. The van der Waals surface area contributed by atoms with Crippen molar-refractivity contribution < 1.29 is 39.9 Å². The Labute approximate surface area is 196 Å². The topological polar surface area (TPSA) is 250 Å². The lowest BCUT2D eigenvalue weighted by Crippen LogP contribution is -2.57. The van der Waals surface area contributed by atoms with E-state index in [1.165, 1.54) is 19.1 Å². The number of carbonyl (C=O) groups is 2. The van der Waals surface area contributed by atoms with Crippen LogP contribution < -0.4 is 22.3 Å². The minimum Gasteiger partial charge on any atom is -0.506 e. The molecule has 2 aromatic heterocycles. The van der Waals surface area contributed by atoms with Crippen molar-refractivity contribution in [2.45, 2.75) is 49.7 Å². The Morgan fingerprint density at radius 2 is 1.91 bits per heavy atom. The number of aromatic nitrogens is 3. The zero-order valence-corrected chi connectivity index (χ0v) is 18.3. The number of pyridine rings is 1. The largest absolute Gasteiger partial charge is 0.506 e. The lowest BCUT2D eigenvalue weighted by Gasteiger charge is -2.28. The van der Waals surface area contributed by atoms with Crippen LogP contribution in [0, 0.1) is 5.92 Å². The Hall–Kier alpha value is -3.63. The summed E-state index contributed by atoms with van der Waals surface area (Å²) in [6.07, 6.45) is -6.15. The summed E-state index contributed by atoms with van der Waals surface area (Å²) in [5.41, 5.74) is 4.33. The highest BCUT2D eigenvalue weighted by Gasteiger charge is 2.50. The second-order valence-electron chi connectivity index (χ2n) is 8.09. The number of hydrogen-bond acceptors (Lipinski definition) is 11. The van der Waals surface area contributed by atoms with Crippen molar-refractivity contribution in [3.8, 4) is 5.75 Å². The van der Waals surface area contributed by atoms with Gasteiger partial charge in [0.25, 0.3) is 5.56 Å². The van der Waals surface area contributed by atoms with E-state index in [-0.39, 0.29) is 11.4 Å². The number of aliphatic hydroxyl groups is 3. The Bertz CT molecular complexity index is 1180. The van der Waals surface area contributed by atoms with Gasteiger partial charge < -0.3 is 41.3 Å². The Kier molecular flexibility index (Phi) is 7.67. The van der Waals surface area contributed by atoms with Gasteiger partial charge in [0.05, 0.1) is 17.9 Å². The maximum Gasteiger partial charge on any atom is 0.330 e. The number of nitrogens with one attached hydrogen (secondary N) is 2. The minimum absolute atomic E-state index is 0.111. The number of carboxylic acid groups (broad SMARTS) is 1. The quantitative estimate of drug-likeness (QED) is 0.178. The third-order valence-corrected chi connectivity index (χ3v) is 5.73. The molecule has 5 unspecified atom stereocenters. The SMILES string of the molecule is CC(C(N)C(=O)NC(C(=O)O)C1O[C@H](n2ccc(=O)[nH]c2=O)[C@H](O)[C@@H]1O)C(O)c1ccc(O)cn1. The van der Waals surface area contributed by atoms with Crippen LogP contribution in [-0.4, -0.2) is 82.3 Å². The summed E-state index contributed by atoms with van der Waals surface area (Å²) in [6.45, 7) is 1.42. The lowest BCUT2D eigenvalue weighted by molar-refractivity contribution is -0.149. The standard InChI is InChI=1S/C20H25N5O10/c1-7(13(28)9-3-2-8(26)6-22-9)11(21)17(31)24-12(19(32)33)16-14(29)15(30)18(35-16)25-5-4-10(27)23-20(25)34/h2-7,11-16,18,26,28-30H,21H2,1H3,(H,24,31)(H,32,33)(H,23,27,34)/t7?,11?,12?,13?,14-,15+,16?,18-/m0/s1. The van der Waals surface area contributed by atoms with E-state index in [2.05, 4.69) is 10.3 Å². The first-order valence-electron chi connectivity index (χ1n) is 10.4. The maximum atomic E-state index is 12.7. The summed E-state index contributed by atoms with van der Waals surface area (Å²) in [6, 6.07) is 0.215. The van der Waals surface area contributed by atoms with Gasteiger partial charge in [0, 0.05) is 18.2 Å². The average molecular weight is 495 g/mol. The van der Waals surface area contributed by atoms with E-state index in [1.54, 1.807) is 0 Å². The fourth-order valence-corrected chi connectivity index (χ4v) is 3.63. The molecule has 15 heteroatoms. The smallest absolute Gasteiger partial charge is 0.330 e. The predicted octanol–water partition coefficient (Wildman–Crippen LogP) is -3.48. The number of carbonyl (C=O) groups excluding carboxylic acids is 1. The molecular weight excluding hydrogens is 470 g/mol. The van der Waals surface area contributed by atoms with E-state index in [1.807, 2.05) is 4.98 Å². The molecule has 9 N–H and O–H groups in total. The first-order chi connectivity index (χ1) is 16.4. The first kappa shape index (κ1) is 26.0. The van der Waals surface area contributed by atoms with Gasteiger partial charge >= 0.3 is 11.7 Å². The predicted molar refractivity (Wildman–Crippen MR) is 115 cm³/mol. The highest BCUT2D eigenvalue weighted by atomic mass is 16.6. The normalized spacial score (nSPS) is 25.4. The molecule has 0 bridgehead atoms. The summed E-state index contributed by atoms with van der Waals surface area (Å²) >= 11 is 0. The van der Waals surface area contributed by atoms with E-state index in [0.717, 1.165) is 23.0 Å². The van der Waals surface area contributed by atoms with Gasteiger partial charge in [-0.1, -0.05) is 6.92 Å². The minimum atomic E-state index is -1.90. The number of aromatic hydroxyl groups is 1. The molecule has 35 heavy (non-hydrogen) atoms. The molecule has 2 aromatic rings. The summed E-state index contributed by atoms with van der Waals surface area (Å²) in [5.74, 6) is -3.75. The highest BCUT2D eigenvalue weighted by molar-refractivity contribution is 5.87. The Balaban J connectivity index is 1.76. The van der Waals surface area contributed by atoms with Gasteiger partial charge in [-0.05, 0) is 12.1 Å². The summed E-state index contributed by atoms with van der Waals surface area (Å²) in [5, 5.41) is 52.3. The number of nitrogens with two attached hydrogens (primary N) is 1. The van der Waals surface area contributed by atoms with Crippen LogP contribution in [-0.2, 0) is 14.3 Å². The molecule has 0 aliphatic carbocycles. The molecule has 0 aromatic carbocycles.